The molecule has 0 amide bonds. The van der Waals surface area contributed by atoms with Crippen LogP contribution >= 0.6 is 20.3 Å². The van der Waals surface area contributed by atoms with Gasteiger partial charge in [-0.2, -0.15) is 0 Å². The average molecular weight is 216 g/mol. The summed E-state index contributed by atoms with van der Waals surface area (Å²) in [5, 5.41) is 6.25. The molecule has 0 aliphatic heterocycles. The third-order valence-corrected chi connectivity index (χ3v) is 0. The van der Waals surface area contributed by atoms with E-state index in [-0.39, 0.29) is 0 Å². The molecule has 0 heterocycles. The number of hydrogen-bond donors (Lipinski definition) is 0. The Bertz CT molecular complexity index is 12.8. The molecule has 0 saturated carbocycles. The molecular formula is CCuIN-. The Morgan fingerprint density at radius 2 is 1.50 bits per heavy atom. The summed E-state index contributed by atoms with van der Waals surface area (Å²) in [5.41, 5.74) is 0. The molecule has 0 spiro atoms. The maximum absolute atomic E-state index is 6.25. The van der Waals surface area contributed by atoms with Crippen molar-refractivity contribution in [3.05, 3.63) is 6.57 Å². The zero-order valence-electron chi connectivity index (χ0n) is 1.63. The quantitative estimate of drug-likeness (QED) is 0.336. The Morgan fingerprint density at radius 3 is 1.50 bits per heavy atom. The van der Waals surface area contributed by atoms with Crippen LogP contribution in [-0.4, -0.2) is 0 Å². The molecule has 0 atom stereocenters. The van der Waals surface area contributed by atoms with E-state index in [1.165, 1.54) is 0 Å². The minimum atomic E-state index is 1.71. The van der Waals surface area contributed by atoms with Crippen LogP contribution in [0.1, 0.15) is 0 Å². The van der Waals surface area contributed by atoms with Gasteiger partial charge in [0.25, 0.3) is 0 Å². The van der Waals surface area contributed by atoms with Crippen LogP contribution in [0.4, 0.5) is 0 Å². The van der Waals surface area contributed by atoms with Crippen LogP contribution in [0.5, 0.6) is 0 Å². The Labute approximate surface area is 44.9 Å². The molecule has 0 radical (unpaired) electrons. The van der Waals surface area contributed by atoms with Gasteiger partial charge in [-0.15, -0.1) is 0 Å². The summed E-state index contributed by atoms with van der Waals surface area (Å²) < 4.78 is 0. The van der Waals surface area contributed by atoms with Gasteiger partial charge in [0.05, 0.1) is 0 Å². The van der Waals surface area contributed by atoms with E-state index >= 15 is 0 Å². The van der Waals surface area contributed by atoms with Crippen molar-refractivity contribution in [2.75, 3.05) is 0 Å². The summed E-state index contributed by atoms with van der Waals surface area (Å²) in [6.45, 7) is 4.75. The zero-order chi connectivity index (χ0) is 4.00. The summed E-state index contributed by atoms with van der Waals surface area (Å²) >= 11 is 5.87. The number of hydrogen-bond acceptors (Lipinski definition) is 1. The second-order valence-corrected chi connectivity index (χ2v) is 0. The van der Waals surface area contributed by atoms with Gasteiger partial charge < -0.3 is 11.8 Å². The first kappa shape index (κ1) is 8.83. The molecule has 4 heavy (non-hydrogen) atoms. The molecule has 0 N–H and O–H groups in total. The van der Waals surface area contributed by atoms with Gasteiger partial charge in [-0.05, 0) is 0 Å². The summed E-state index contributed by atoms with van der Waals surface area (Å²) in [7, 11) is 0. The minimum absolute atomic E-state index is 1.71. The van der Waals surface area contributed by atoms with Crippen molar-refractivity contribution in [3.63, 3.8) is 0 Å². The van der Waals surface area contributed by atoms with Gasteiger partial charge in [0.15, 0.2) is 0 Å². The molecule has 0 bridgehead atoms. The topological polar surface area (TPSA) is 23.8 Å². The van der Waals surface area contributed by atoms with Gasteiger partial charge in [0.2, 0.25) is 0 Å². The van der Waals surface area contributed by atoms with Crippen molar-refractivity contribution in [2.45, 2.75) is 0 Å². The van der Waals surface area contributed by atoms with E-state index in [9.17, 15) is 0 Å². The van der Waals surface area contributed by atoms with E-state index in [4.69, 9.17) is 11.8 Å². The summed E-state index contributed by atoms with van der Waals surface area (Å²) in [4.78, 5) is 0. The van der Waals surface area contributed by atoms with Crippen LogP contribution in [0.3, 0.4) is 0 Å². The molecule has 0 aromatic rings. The Morgan fingerprint density at radius 1 is 1.50 bits per heavy atom. The van der Waals surface area contributed by atoms with E-state index in [2.05, 4.69) is 12.8 Å². The first-order valence-electron chi connectivity index (χ1n) is 0.338. The van der Waals surface area contributed by atoms with E-state index in [1.807, 2.05) is 0 Å². The second-order valence-electron chi connectivity index (χ2n) is 0. The summed E-state index contributed by atoms with van der Waals surface area (Å²) in [6.07, 6.45) is 0. The molecule has 0 aromatic carbocycles. The molecule has 1 nitrogen and oxygen atoms in total. The average Bonchev–Trinajstić information content (AvgIpc) is 1.50. The molecule has 0 saturated heterocycles. The predicted molar refractivity (Wildman–Crippen MR) is 19.0 cm³/mol. The standard InChI is InChI=1S/CN.Cu.HI/c1-2;;/h;;1H/q-1;+1;/p-1. The molecule has 0 rings (SSSR count). The molecular weight excluding hydrogens is 216 g/mol. The van der Waals surface area contributed by atoms with Gasteiger partial charge in [0.1, 0.15) is 0 Å². The summed E-state index contributed by atoms with van der Waals surface area (Å²) in [5.74, 6) is 0. The molecule has 3 heteroatoms. The van der Waals surface area contributed by atoms with Crippen LogP contribution < -0.4 is 0 Å². The van der Waals surface area contributed by atoms with Crippen LogP contribution in [0.2, 0.25) is 0 Å². The fourth-order valence-electron chi connectivity index (χ4n) is 0. The van der Waals surface area contributed by atoms with Crippen molar-refractivity contribution in [3.8, 4) is 0 Å². The first-order chi connectivity index (χ1) is 2.00. The predicted octanol–water partition coefficient (Wildman–Crippen LogP) is 0.980. The molecule has 28 valence electrons. The fraction of sp³-hybridized carbons (Fsp3) is 0. The number of rotatable bonds is 0. The Kier molecular flexibility index (Phi) is 113. The monoisotopic (exact) mass is 216 g/mol. The fourth-order valence-corrected chi connectivity index (χ4v) is 0. The molecule has 0 unspecified atom stereocenters. The van der Waals surface area contributed by atoms with Crippen LogP contribution in [-0.2, 0) is 12.8 Å². The molecule has 0 fully saturated rings. The van der Waals surface area contributed by atoms with Crippen molar-refractivity contribution >= 4 is 20.3 Å². The van der Waals surface area contributed by atoms with Crippen molar-refractivity contribution < 1.29 is 12.8 Å². The number of halogens is 1. The maximum atomic E-state index is 6.25. The Balaban J connectivity index is 0. The van der Waals surface area contributed by atoms with Gasteiger partial charge >= 0.3 is 33.1 Å². The van der Waals surface area contributed by atoms with Gasteiger partial charge in [-0.1, -0.05) is 0 Å². The van der Waals surface area contributed by atoms with E-state index < -0.39 is 0 Å². The van der Waals surface area contributed by atoms with Crippen molar-refractivity contribution in [2.24, 2.45) is 0 Å². The van der Waals surface area contributed by atoms with E-state index in [1.54, 1.807) is 20.3 Å². The third-order valence-electron chi connectivity index (χ3n) is 0. The van der Waals surface area contributed by atoms with Crippen molar-refractivity contribution in [1.82, 2.24) is 0 Å². The third kappa shape index (κ3) is 15.2. The molecule has 0 aliphatic carbocycles. The van der Waals surface area contributed by atoms with E-state index in [0.717, 1.165) is 0 Å². The van der Waals surface area contributed by atoms with E-state index in [0.29, 0.717) is 0 Å². The van der Waals surface area contributed by atoms with Crippen LogP contribution in [0.15, 0.2) is 0 Å². The molecule has 0 aromatic heterocycles. The molecule has 0 aliphatic rings. The van der Waals surface area contributed by atoms with Gasteiger partial charge in [0, 0.05) is 0 Å². The second kappa shape index (κ2) is 51.3. The number of nitrogens with zero attached hydrogens (tertiary/aromatic N) is 1. The van der Waals surface area contributed by atoms with Crippen molar-refractivity contribution in [1.29, 1.82) is 5.26 Å². The summed E-state index contributed by atoms with van der Waals surface area (Å²) in [6, 6.07) is 0. The SMILES string of the molecule is [C-]#N.[Cu][I]. The normalized spacial score (nSPS) is 2.25. The van der Waals surface area contributed by atoms with Gasteiger partial charge in [-0.3, -0.25) is 0 Å². The van der Waals surface area contributed by atoms with Crippen LogP contribution in [0.25, 0.3) is 0 Å². The zero-order valence-corrected chi connectivity index (χ0v) is 4.73. The van der Waals surface area contributed by atoms with Crippen LogP contribution in [0, 0.1) is 11.8 Å². The first-order valence-corrected chi connectivity index (χ1v) is 3.38. The Hall–Kier alpha value is 0.739. The van der Waals surface area contributed by atoms with Gasteiger partial charge in [-0.25, -0.2) is 0 Å².